The molecule has 0 radical (unpaired) electrons. The largest absolute Gasteiger partial charge is 0.505 e. The number of hydrogen-bond donors (Lipinski definition) is 8. The number of aliphatic hydroxyl groups is 4. The van der Waals surface area contributed by atoms with E-state index in [0.717, 1.165) is 48.4 Å². The van der Waals surface area contributed by atoms with Gasteiger partial charge in [-0.3, -0.25) is 24.4 Å². The zero-order valence-electron chi connectivity index (χ0n) is 27.5. The third-order valence-electron chi connectivity index (χ3n) is 8.35. The molecule has 48 heavy (non-hydrogen) atoms. The van der Waals surface area contributed by atoms with Crippen molar-refractivity contribution in [2.24, 2.45) is 0 Å². The number of nitrogens with zero attached hydrogens (tertiary/aromatic N) is 3. The summed E-state index contributed by atoms with van der Waals surface area (Å²) >= 11 is 0. The molecule has 4 rings (SSSR count). The van der Waals surface area contributed by atoms with Crippen molar-refractivity contribution in [3.05, 3.63) is 76.1 Å². The zero-order valence-corrected chi connectivity index (χ0v) is 27.5. The van der Waals surface area contributed by atoms with Crippen molar-refractivity contribution < 1.29 is 40.2 Å². The molecule has 2 bridgehead atoms. The van der Waals surface area contributed by atoms with Crippen molar-refractivity contribution in [3.8, 4) is 11.5 Å². The second-order valence-corrected chi connectivity index (χ2v) is 12.4. The van der Waals surface area contributed by atoms with E-state index in [9.17, 15) is 30.0 Å². The normalized spacial score (nSPS) is 16.2. The number of aryl methyl sites for hydroxylation is 2. The minimum absolute atomic E-state index is 0.0901. The summed E-state index contributed by atoms with van der Waals surface area (Å²) in [4.78, 5) is 33.8. The van der Waals surface area contributed by atoms with E-state index < -0.39 is 37.2 Å². The van der Waals surface area contributed by atoms with Crippen molar-refractivity contribution >= 4 is 23.2 Å². The van der Waals surface area contributed by atoms with Gasteiger partial charge in [-0.25, -0.2) is 0 Å². The number of phenolic OH excluding ortho intramolecular Hbond substituents is 2. The molecular formula is C35H47N5O8. The van der Waals surface area contributed by atoms with Crippen LogP contribution in [0.15, 0.2) is 42.5 Å². The first-order valence-corrected chi connectivity index (χ1v) is 16.2. The number of carbonyl (C=O) groups excluding carboxylic acids is 2. The van der Waals surface area contributed by atoms with Crippen LogP contribution in [0, 0.1) is 13.8 Å². The van der Waals surface area contributed by atoms with Gasteiger partial charge in [0.1, 0.15) is 11.5 Å². The summed E-state index contributed by atoms with van der Waals surface area (Å²) < 4.78 is 0. The SMILES string of the molecule is Cc1cc(CN2CCCCN(Cc3cc(C)cc(NC(=O)C(O)CO)c3O)CCc3cccc(n3)CC2)c(O)c(NC(=O)C(O)CO)c1. The number of aliphatic hydroxyl groups excluding tert-OH is 4. The second kappa shape index (κ2) is 17.3. The number of carbonyl (C=O) groups is 2. The van der Waals surface area contributed by atoms with Gasteiger partial charge in [0.15, 0.2) is 12.2 Å². The van der Waals surface area contributed by atoms with Crippen LogP contribution >= 0.6 is 0 Å². The van der Waals surface area contributed by atoms with Gasteiger partial charge in [0.25, 0.3) is 11.8 Å². The highest BCUT2D eigenvalue weighted by molar-refractivity contribution is 5.96. The number of nitrogens with one attached hydrogen (secondary N) is 2. The number of aromatic nitrogens is 1. The van der Waals surface area contributed by atoms with Crippen LogP contribution in [0.3, 0.4) is 0 Å². The lowest BCUT2D eigenvalue weighted by Crippen LogP contribution is -2.31. The fourth-order valence-electron chi connectivity index (χ4n) is 5.78. The number of hydrogen-bond acceptors (Lipinski definition) is 11. The van der Waals surface area contributed by atoms with E-state index in [4.69, 9.17) is 15.2 Å². The molecule has 0 saturated heterocycles. The van der Waals surface area contributed by atoms with Gasteiger partial charge >= 0.3 is 0 Å². The quantitative estimate of drug-likeness (QED) is 0.146. The molecular weight excluding hydrogens is 618 g/mol. The summed E-state index contributed by atoms with van der Waals surface area (Å²) in [6, 6.07) is 13.0. The molecule has 0 fully saturated rings. The van der Waals surface area contributed by atoms with Crippen LogP contribution in [0.25, 0.3) is 0 Å². The van der Waals surface area contributed by atoms with Crippen LogP contribution in [0.4, 0.5) is 11.4 Å². The molecule has 1 aliphatic heterocycles. The Balaban J connectivity index is 1.52. The molecule has 1 aliphatic rings. The van der Waals surface area contributed by atoms with Crippen molar-refractivity contribution in [2.45, 2.75) is 64.8 Å². The molecule has 2 heterocycles. The molecule has 2 unspecified atom stereocenters. The number of rotatable bonds is 10. The van der Waals surface area contributed by atoms with Gasteiger partial charge in [0, 0.05) is 61.5 Å². The Kier molecular flexibility index (Phi) is 13.3. The monoisotopic (exact) mass is 665 g/mol. The van der Waals surface area contributed by atoms with Gasteiger partial charge < -0.3 is 41.3 Å². The smallest absolute Gasteiger partial charge is 0.255 e. The van der Waals surface area contributed by atoms with E-state index in [2.05, 4.69) is 20.4 Å². The molecule has 0 saturated carbocycles. The van der Waals surface area contributed by atoms with Crippen LogP contribution in [0.5, 0.6) is 11.5 Å². The van der Waals surface area contributed by atoms with E-state index in [1.807, 2.05) is 44.2 Å². The highest BCUT2D eigenvalue weighted by Gasteiger charge is 2.21. The van der Waals surface area contributed by atoms with E-state index in [-0.39, 0.29) is 22.9 Å². The predicted octanol–water partition coefficient (Wildman–Crippen LogP) is 1.58. The van der Waals surface area contributed by atoms with Gasteiger partial charge in [0.05, 0.1) is 24.6 Å². The van der Waals surface area contributed by atoms with Gasteiger partial charge in [-0.2, -0.15) is 0 Å². The van der Waals surface area contributed by atoms with E-state index >= 15 is 0 Å². The highest BCUT2D eigenvalue weighted by atomic mass is 16.3. The first-order chi connectivity index (χ1) is 23.0. The van der Waals surface area contributed by atoms with Crippen molar-refractivity contribution in [1.29, 1.82) is 0 Å². The molecule has 260 valence electrons. The Morgan fingerprint density at radius 2 is 1.15 bits per heavy atom. The number of aromatic hydroxyl groups is 2. The van der Waals surface area contributed by atoms with Gasteiger partial charge in [-0.05, 0) is 75.2 Å². The predicted molar refractivity (Wildman–Crippen MR) is 181 cm³/mol. The molecule has 0 spiro atoms. The Labute approximate surface area is 280 Å². The molecule has 2 aromatic carbocycles. The maximum absolute atomic E-state index is 12.2. The first-order valence-electron chi connectivity index (χ1n) is 16.2. The lowest BCUT2D eigenvalue weighted by atomic mass is 10.1. The Hall–Kier alpha value is -4.11. The third-order valence-corrected chi connectivity index (χ3v) is 8.35. The van der Waals surface area contributed by atoms with Gasteiger partial charge in [-0.1, -0.05) is 18.2 Å². The van der Waals surface area contributed by atoms with E-state index in [1.54, 1.807) is 12.1 Å². The summed E-state index contributed by atoms with van der Waals surface area (Å²) in [5.41, 5.74) is 5.13. The van der Waals surface area contributed by atoms with E-state index in [1.165, 1.54) is 0 Å². The van der Waals surface area contributed by atoms with Crippen molar-refractivity contribution in [1.82, 2.24) is 14.8 Å². The van der Waals surface area contributed by atoms with Crippen LogP contribution < -0.4 is 10.6 Å². The van der Waals surface area contributed by atoms with Crippen LogP contribution in [0.1, 0.15) is 46.5 Å². The number of anilines is 2. The molecule has 13 nitrogen and oxygen atoms in total. The summed E-state index contributed by atoms with van der Waals surface area (Å²) in [5.74, 6) is -1.79. The molecule has 3 aromatic rings. The summed E-state index contributed by atoms with van der Waals surface area (Å²) in [5, 5.41) is 64.8. The second-order valence-electron chi connectivity index (χ2n) is 12.4. The van der Waals surface area contributed by atoms with Gasteiger partial charge in [-0.15, -0.1) is 0 Å². The lowest BCUT2D eigenvalue weighted by Gasteiger charge is -2.25. The Morgan fingerprint density at radius 1 is 0.729 bits per heavy atom. The number of phenols is 2. The summed E-state index contributed by atoms with van der Waals surface area (Å²) in [6.45, 7) is 5.91. The maximum atomic E-state index is 12.2. The Bertz CT molecular complexity index is 1460. The summed E-state index contributed by atoms with van der Waals surface area (Å²) in [6.07, 6.45) is -0.0979. The van der Waals surface area contributed by atoms with Crippen LogP contribution in [-0.2, 0) is 35.5 Å². The van der Waals surface area contributed by atoms with Crippen LogP contribution in [-0.4, -0.2) is 109 Å². The molecule has 1 aromatic heterocycles. The average molecular weight is 666 g/mol. The number of benzene rings is 2. The molecule has 2 atom stereocenters. The molecule has 8 N–H and O–H groups in total. The average Bonchev–Trinajstić information content (AvgIpc) is 3.07. The molecule has 0 aliphatic carbocycles. The zero-order chi connectivity index (χ0) is 34.8. The molecule has 13 heteroatoms. The minimum Gasteiger partial charge on any atom is -0.505 e. The van der Waals surface area contributed by atoms with E-state index in [0.29, 0.717) is 50.1 Å². The lowest BCUT2D eigenvalue weighted by molar-refractivity contribution is -0.126. The highest BCUT2D eigenvalue weighted by Crippen LogP contribution is 2.32. The topological polar surface area (TPSA) is 199 Å². The Morgan fingerprint density at radius 3 is 1.54 bits per heavy atom. The number of fused-ring (bicyclic) bond motifs is 2. The fourth-order valence-corrected chi connectivity index (χ4v) is 5.78. The maximum Gasteiger partial charge on any atom is 0.255 e. The van der Waals surface area contributed by atoms with Crippen molar-refractivity contribution in [3.63, 3.8) is 0 Å². The van der Waals surface area contributed by atoms with Crippen molar-refractivity contribution in [2.75, 3.05) is 50.0 Å². The standard InChI is InChI=1S/C35H47N5O8/c1-22-14-24(32(45)28(16-22)37-34(47)30(43)20-41)18-39-10-3-4-11-40(13-9-27-7-5-6-26(36-27)8-12-39)19-25-15-23(2)17-29(33(25)46)38-35(48)31(44)21-42/h5-7,14-17,30-31,41-46H,3-4,8-13,18-21H2,1-2H3,(H,37,47)(H,38,48). The van der Waals surface area contributed by atoms with Crippen LogP contribution in [0.2, 0.25) is 0 Å². The number of pyridine rings is 1. The minimum atomic E-state index is -1.60. The fraction of sp³-hybridized carbons (Fsp3) is 0.457. The first kappa shape index (κ1) is 36.7. The van der Waals surface area contributed by atoms with Gasteiger partial charge in [0.2, 0.25) is 0 Å². The summed E-state index contributed by atoms with van der Waals surface area (Å²) in [7, 11) is 0. The number of amides is 2. The third kappa shape index (κ3) is 10.2. The molecule has 2 amide bonds.